The molecule has 1 aliphatic heterocycles. The number of carbonyl (C=O) groups is 3. The van der Waals surface area contributed by atoms with Crippen molar-refractivity contribution in [3.05, 3.63) is 64.9 Å². The van der Waals surface area contributed by atoms with Crippen LogP contribution in [0.2, 0.25) is 0 Å². The van der Waals surface area contributed by atoms with Gasteiger partial charge in [0.15, 0.2) is 0 Å². The zero-order valence-electron chi connectivity index (χ0n) is 20.8. The predicted molar refractivity (Wildman–Crippen MR) is 130 cm³/mol. The van der Waals surface area contributed by atoms with Gasteiger partial charge in [-0.25, -0.2) is 23.8 Å². The topological polar surface area (TPSA) is 130 Å². The number of rotatable bonds is 5. The van der Waals surface area contributed by atoms with Crippen molar-refractivity contribution in [3.63, 3.8) is 0 Å². The van der Waals surface area contributed by atoms with E-state index in [1.54, 1.807) is 40.0 Å². The first-order valence-corrected chi connectivity index (χ1v) is 11.6. The van der Waals surface area contributed by atoms with Gasteiger partial charge < -0.3 is 10.1 Å². The van der Waals surface area contributed by atoms with Crippen LogP contribution < -0.4 is 5.32 Å². The second kappa shape index (κ2) is 9.81. The Balaban J connectivity index is 1.85. The molecule has 37 heavy (non-hydrogen) atoms. The van der Waals surface area contributed by atoms with Crippen molar-refractivity contribution in [2.45, 2.75) is 46.3 Å². The van der Waals surface area contributed by atoms with Crippen LogP contribution in [0.4, 0.5) is 9.18 Å². The molecule has 190 valence electrons. The largest absolute Gasteiger partial charge is 0.443 e. The number of nitriles is 1. The number of likely N-dealkylation sites (N-methyl/N-ethyl adjacent to an activating group) is 1. The second-order valence-electron chi connectivity index (χ2n) is 9.38. The number of nitrogens with zero attached hydrogens (tertiary/aromatic N) is 5. The van der Waals surface area contributed by atoms with Gasteiger partial charge in [0.05, 0.1) is 58.5 Å². The Labute approximate surface area is 212 Å². The zero-order chi connectivity index (χ0) is 26.9. The predicted octanol–water partition coefficient (Wildman–Crippen LogP) is 3.51. The highest BCUT2D eigenvalue weighted by molar-refractivity contribution is 6.08. The number of ether oxygens (including phenoxy) is 1. The summed E-state index contributed by atoms with van der Waals surface area (Å²) in [7, 11) is 0. The average Bonchev–Trinajstić information content (AvgIpc) is 3.41. The molecule has 1 aromatic carbocycles. The number of fused-ring (bicyclic) bond motifs is 1. The summed E-state index contributed by atoms with van der Waals surface area (Å²) >= 11 is 0. The van der Waals surface area contributed by atoms with E-state index in [0.29, 0.717) is 12.2 Å². The lowest BCUT2D eigenvalue weighted by Gasteiger charge is -2.23. The van der Waals surface area contributed by atoms with Crippen LogP contribution in [0.25, 0.3) is 16.9 Å². The number of hydrogen-bond acceptors (Lipinski definition) is 7. The SMILES string of the molecule is CCNC(=O)Cc1ccn(-c2cc(-c3c(F)cccc3C#N)nc3c2C(=O)N(C(=O)OC(C)(C)C)C3)n1. The zero-order valence-corrected chi connectivity index (χ0v) is 20.8. The van der Waals surface area contributed by atoms with Gasteiger partial charge in [-0.05, 0) is 52.0 Å². The van der Waals surface area contributed by atoms with Crippen LogP contribution in [-0.2, 0) is 22.5 Å². The highest BCUT2D eigenvalue weighted by Gasteiger charge is 2.39. The number of hydrogen-bond donors (Lipinski definition) is 1. The van der Waals surface area contributed by atoms with E-state index in [-0.39, 0.29) is 52.6 Å². The van der Waals surface area contributed by atoms with E-state index in [9.17, 15) is 24.0 Å². The monoisotopic (exact) mass is 504 g/mol. The number of carbonyl (C=O) groups excluding carboxylic acids is 3. The first-order chi connectivity index (χ1) is 17.5. The molecule has 0 bridgehead atoms. The summed E-state index contributed by atoms with van der Waals surface area (Å²) in [6.45, 7) is 7.12. The Morgan fingerprint density at radius 2 is 2.00 bits per heavy atom. The van der Waals surface area contributed by atoms with Crippen LogP contribution in [-0.4, -0.2) is 49.7 Å². The highest BCUT2D eigenvalue weighted by Crippen LogP contribution is 2.34. The fraction of sp³-hybridized carbons (Fsp3) is 0.308. The summed E-state index contributed by atoms with van der Waals surface area (Å²) in [4.78, 5) is 43.6. The Kier molecular flexibility index (Phi) is 6.76. The van der Waals surface area contributed by atoms with Gasteiger partial charge in [0.25, 0.3) is 5.91 Å². The molecule has 0 aliphatic carbocycles. The van der Waals surface area contributed by atoms with Gasteiger partial charge in [-0.2, -0.15) is 10.4 Å². The van der Waals surface area contributed by atoms with Gasteiger partial charge in [0.2, 0.25) is 5.91 Å². The maximum absolute atomic E-state index is 14.9. The number of nitrogens with one attached hydrogen (secondary N) is 1. The summed E-state index contributed by atoms with van der Waals surface area (Å²) in [5.74, 6) is -1.53. The van der Waals surface area contributed by atoms with Gasteiger partial charge in [0.1, 0.15) is 11.4 Å². The summed E-state index contributed by atoms with van der Waals surface area (Å²) in [5.41, 5.74) is 0.257. The molecule has 0 saturated carbocycles. The first kappa shape index (κ1) is 25.5. The highest BCUT2D eigenvalue weighted by atomic mass is 19.1. The average molecular weight is 505 g/mol. The third kappa shape index (κ3) is 5.18. The van der Waals surface area contributed by atoms with Gasteiger partial charge in [0, 0.05) is 12.7 Å². The molecule has 2 aromatic heterocycles. The van der Waals surface area contributed by atoms with Gasteiger partial charge in [-0.1, -0.05) is 6.07 Å². The maximum atomic E-state index is 14.9. The van der Waals surface area contributed by atoms with E-state index in [2.05, 4.69) is 15.4 Å². The van der Waals surface area contributed by atoms with Crippen LogP contribution in [0.3, 0.4) is 0 Å². The number of pyridine rings is 1. The van der Waals surface area contributed by atoms with Crippen molar-refractivity contribution in [2.24, 2.45) is 0 Å². The van der Waals surface area contributed by atoms with Crippen LogP contribution in [0, 0.1) is 17.1 Å². The Hall–Kier alpha value is -4.59. The summed E-state index contributed by atoms with van der Waals surface area (Å²) in [6.07, 6.45) is 0.735. The van der Waals surface area contributed by atoms with Crippen molar-refractivity contribution < 1.29 is 23.5 Å². The Bertz CT molecular complexity index is 1450. The molecule has 0 spiro atoms. The van der Waals surface area contributed by atoms with E-state index in [0.717, 1.165) is 4.90 Å². The van der Waals surface area contributed by atoms with Gasteiger partial charge in [-0.15, -0.1) is 0 Å². The normalized spacial score (nSPS) is 12.8. The molecule has 0 radical (unpaired) electrons. The van der Waals surface area contributed by atoms with Gasteiger partial charge >= 0.3 is 6.09 Å². The molecule has 0 atom stereocenters. The lowest BCUT2D eigenvalue weighted by Crippen LogP contribution is -2.37. The quantitative estimate of drug-likeness (QED) is 0.563. The third-order valence-electron chi connectivity index (χ3n) is 5.45. The summed E-state index contributed by atoms with van der Waals surface area (Å²) in [6, 6.07) is 9.11. The smallest absolute Gasteiger partial charge is 0.417 e. The molecule has 10 nitrogen and oxygen atoms in total. The number of halogens is 1. The molecule has 11 heteroatoms. The molecule has 3 amide bonds. The molecule has 1 aliphatic rings. The molecule has 0 fully saturated rings. The molecule has 1 N–H and O–H groups in total. The fourth-order valence-electron chi connectivity index (χ4n) is 3.95. The van der Waals surface area contributed by atoms with E-state index in [1.165, 1.54) is 28.9 Å². The van der Waals surface area contributed by atoms with Crippen LogP contribution in [0.5, 0.6) is 0 Å². The maximum Gasteiger partial charge on any atom is 0.417 e. The van der Waals surface area contributed by atoms with E-state index in [1.807, 2.05) is 6.07 Å². The number of imide groups is 1. The molecular formula is C26H25FN6O4. The van der Waals surface area contributed by atoms with Crippen molar-refractivity contribution in [1.82, 2.24) is 25.0 Å². The molecule has 3 heterocycles. The molecule has 0 saturated heterocycles. The minimum atomic E-state index is -0.844. The lowest BCUT2D eigenvalue weighted by atomic mass is 10.0. The molecule has 0 unspecified atom stereocenters. The Morgan fingerprint density at radius 1 is 1.24 bits per heavy atom. The molecule has 3 aromatic rings. The van der Waals surface area contributed by atoms with Crippen molar-refractivity contribution in [3.8, 4) is 23.0 Å². The summed E-state index contributed by atoms with van der Waals surface area (Å²) < 4.78 is 21.6. The fourth-order valence-corrected chi connectivity index (χ4v) is 3.95. The van der Waals surface area contributed by atoms with Crippen LogP contribution in [0.15, 0.2) is 36.5 Å². The Morgan fingerprint density at radius 3 is 2.68 bits per heavy atom. The van der Waals surface area contributed by atoms with E-state index < -0.39 is 23.4 Å². The minimum absolute atomic E-state index is 0.0187. The van der Waals surface area contributed by atoms with Crippen molar-refractivity contribution in [2.75, 3.05) is 6.54 Å². The van der Waals surface area contributed by atoms with Crippen molar-refractivity contribution in [1.29, 1.82) is 5.26 Å². The number of benzene rings is 1. The molecule has 4 rings (SSSR count). The van der Waals surface area contributed by atoms with Crippen molar-refractivity contribution >= 4 is 17.9 Å². The second-order valence-corrected chi connectivity index (χ2v) is 9.38. The van der Waals surface area contributed by atoms with Crippen LogP contribution in [0.1, 0.15) is 55.0 Å². The third-order valence-corrected chi connectivity index (χ3v) is 5.45. The number of amides is 3. The van der Waals surface area contributed by atoms with Crippen LogP contribution >= 0.6 is 0 Å². The standard InChI is InChI=1S/C26H25FN6O4/c1-5-29-21(34)11-16-9-10-33(31-16)20-12-18(22-15(13-28)7-6-8-17(22)27)30-19-14-32(24(35)23(19)20)25(36)37-26(2,3)4/h6-10,12H,5,11,14H2,1-4H3,(H,29,34). The van der Waals surface area contributed by atoms with Gasteiger partial charge in [-0.3, -0.25) is 9.59 Å². The summed E-state index contributed by atoms with van der Waals surface area (Å²) in [5, 5.41) is 16.7. The first-order valence-electron chi connectivity index (χ1n) is 11.6. The minimum Gasteiger partial charge on any atom is -0.443 e. The lowest BCUT2D eigenvalue weighted by molar-refractivity contribution is -0.120. The van der Waals surface area contributed by atoms with E-state index >= 15 is 0 Å². The number of aromatic nitrogens is 3. The molecular weight excluding hydrogens is 479 g/mol. The van der Waals surface area contributed by atoms with E-state index in [4.69, 9.17) is 4.74 Å².